The summed E-state index contributed by atoms with van der Waals surface area (Å²) >= 11 is 0. The van der Waals surface area contributed by atoms with Crippen LogP contribution in [0.1, 0.15) is 62.5 Å². The molecule has 0 aliphatic heterocycles. The van der Waals surface area contributed by atoms with E-state index >= 15 is 0 Å². The van der Waals surface area contributed by atoms with Gasteiger partial charge in [-0.15, -0.1) is 0 Å². The van der Waals surface area contributed by atoms with Gasteiger partial charge in [0.15, 0.2) is 0 Å². The Hall–Kier alpha value is -1.82. The van der Waals surface area contributed by atoms with Gasteiger partial charge in [0, 0.05) is 0 Å². The minimum Gasteiger partial charge on any atom is -0.0850 e. The average Bonchev–Trinajstić information content (AvgIpc) is 3.46. The van der Waals surface area contributed by atoms with Crippen molar-refractivity contribution >= 4 is 0 Å². The van der Waals surface area contributed by atoms with Crippen LogP contribution in [0.25, 0.3) is 0 Å². The van der Waals surface area contributed by atoms with Crippen LogP contribution >= 0.6 is 0 Å². The molecule has 142 valence electrons. The van der Waals surface area contributed by atoms with Gasteiger partial charge >= 0.3 is 0 Å². The third-order valence-corrected chi connectivity index (χ3v) is 6.78. The van der Waals surface area contributed by atoms with E-state index in [1.807, 2.05) is 5.57 Å². The first-order valence-corrected chi connectivity index (χ1v) is 11.2. The maximum Gasteiger partial charge on any atom is -0.0141 e. The largest absolute Gasteiger partial charge is 0.0850 e. The molecule has 0 nitrogen and oxygen atoms in total. The highest BCUT2D eigenvalue weighted by Gasteiger charge is 2.51. The minimum atomic E-state index is 0.944. The molecule has 0 spiro atoms. The summed E-state index contributed by atoms with van der Waals surface area (Å²) in [7, 11) is 0. The van der Waals surface area contributed by atoms with E-state index in [-0.39, 0.29) is 0 Å². The molecule has 3 atom stereocenters. The number of aryl methyl sites for hydroxylation is 2. The maximum atomic E-state index is 2.65. The quantitative estimate of drug-likeness (QED) is 0.324. The molecule has 0 saturated heterocycles. The van der Waals surface area contributed by atoms with E-state index in [4.69, 9.17) is 0 Å². The number of rotatable bonds is 9. The van der Waals surface area contributed by atoms with Crippen LogP contribution in [0.2, 0.25) is 0 Å². The van der Waals surface area contributed by atoms with E-state index in [1.54, 1.807) is 0 Å². The molecule has 2 aliphatic rings. The predicted molar refractivity (Wildman–Crippen MR) is 116 cm³/mol. The van der Waals surface area contributed by atoms with Gasteiger partial charge in [0.25, 0.3) is 0 Å². The Morgan fingerprint density at radius 2 is 1.30 bits per heavy atom. The Balaban J connectivity index is 1.31. The van der Waals surface area contributed by atoms with Gasteiger partial charge in [0.1, 0.15) is 0 Å². The van der Waals surface area contributed by atoms with Gasteiger partial charge in [-0.25, -0.2) is 0 Å². The second-order valence-electron chi connectivity index (χ2n) is 8.63. The van der Waals surface area contributed by atoms with E-state index in [2.05, 4.69) is 66.7 Å². The summed E-state index contributed by atoms with van der Waals surface area (Å²) in [5.41, 5.74) is 4.79. The molecule has 2 fully saturated rings. The number of fused-ring (bicyclic) bond motifs is 1. The first-order valence-electron chi connectivity index (χ1n) is 11.2. The molecule has 0 radical (unpaired) electrons. The van der Waals surface area contributed by atoms with E-state index in [1.165, 1.54) is 75.3 Å². The number of benzene rings is 2. The molecule has 27 heavy (non-hydrogen) atoms. The lowest BCUT2D eigenvalue weighted by atomic mass is 9.97. The molecule has 2 aliphatic carbocycles. The summed E-state index contributed by atoms with van der Waals surface area (Å²) in [6.07, 6.45) is 16.2. The Labute approximate surface area is 165 Å². The summed E-state index contributed by atoms with van der Waals surface area (Å²) in [6.45, 7) is 0. The smallest absolute Gasteiger partial charge is 0.0141 e. The SMILES string of the molecule is C(/CCCc1ccccc1)=C(/CCCc1ccccc1)C1[C@H]2CCCC[C@@H]12. The van der Waals surface area contributed by atoms with Gasteiger partial charge in [0.2, 0.25) is 0 Å². The molecular weight excluding hydrogens is 324 g/mol. The molecule has 0 amide bonds. The second-order valence-corrected chi connectivity index (χ2v) is 8.63. The number of hydrogen-bond acceptors (Lipinski definition) is 0. The maximum absolute atomic E-state index is 2.65. The fourth-order valence-electron chi connectivity index (χ4n) is 5.33. The molecule has 2 saturated carbocycles. The van der Waals surface area contributed by atoms with Gasteiger partial charge in [-0.3, -0.25) is 0 Å². The van der Waals surface area contributed by atoms with Crippen molar-refractivity contribution in [3.05, 3.63) is 83.4 Å². The number of unbranched alkanes of at least 4 members (excludes halogenated alkanes) is 1. The van der Waals surface area contributed by atoms with Crippen LogP contribution in [0.15, 0.2) is 72.3 Å². The summed E-state index contributed by atoms with van der Waals surface area (Å²) in [4.78, 5) is 0. The summed E-state index contributed by atoms with van der Waals surface area (Å²) in [5.74, 6) is 3.02. The highest BCUT2D eigenvalue weighted by molar-refractivity contribution is 5.22. The lowest BCUT2D eigenvalue weighted by Crippen LogP contribution is -1.94. The van der Waals surface area contributed by atoms with Crippen LogP contribution in [0.3, 0.4) is 0 Å². The Bertz CT molecular complexity index is 700. The second kappa shape index (κ2) is 9.40. The third kappa shape index (κ3) is 5.12. The highest BCUT2D eigenvalue weighted by Crippen LogP contribution is 2.59. The van der Waals surface area contributed by atoms with Crippen LogP contribution in [-0.4, -0.2) is 0 Å². The van der Waals surface area contributed by atoms with Crippen LogP contribution < -0.4 is 0 Å². The summed E-state index contributed by atoms with van der Waals surface area (Å²) < 4.78 is 0. The number of allylic oxidation sites excluding steroid dienone is 2. The molecular formula is C27H34. The molecule has 0 N–H and O–H groups in total. The molecule has 4 rings (SSSR count). The van der Waals surface area contributed by atoms with Crippen molar-refractivity contribution in [2.24, 2.45) is 17.8 Å². The zero-order chi connectivity index (χ0) is 18.3. The van der Waals surface area contributed by atoms with E-state index in [0.29, 0.717) is 0 Å². The Kier molecular flexibility index (Phi) is 6.45. The van der Waals surface area contributed by atoms with Crippen molar-refractivity contribution in [3.8, 4) is 0 Å². The van der Waals surface area contributed by atoms with Crippen LogP contribution in [0, 0.1) is 17.8 Å². The molecule has 1 unspecified atom stereocenters. The van der Waals surface area contributed by atoms with Crippen molar-refractivity contribution in [2.75, 3.05) is 0 Å². The summed E-state index contributed by atoms with van der Waals surface area (Å²) in [6, 6.07) is 22.0. The number of hydrogen-bond donors (Lipinski definition) is 0. The van der Waals surface area contributed by atoms with Crippen molar-refractivity contribution in [2.45, 2.75) is 64.2 Å². The first kappa shape index (κ1) is 18.5. The van der Waals surface area contributed by atoms with Crippen molar-refractivity contribution < 1.29 is 0 Å². The Morgan fingerprint density at radius 3 is 1.89 bits per heavy atom. The van der Waals surface area contributed by atoms with E-state index in [9.17, 15) is 0 Å². The molecule has 2 aromatic rings. The average molecular weight is 359 g/mol. The summed E-state index contributed by atoms with van der Waals surface area (Å²) in [5, 5.41) is 0. The first-order chi connectivity index (χ1) is 13.4. The molecule has 0 heterocycles. The van der Waals surface area contributed by atoms with Gasteiger partial charge in [0.05, 0.1) is 0 Å². The van der Waals surface area contributed by atoms with Crippen molar-refractivity contribution in [3.63, 3.8) is 0 Å². The van der Waals surface area contributed by atoms with E-state index < -0.39 is 0 Å². The molecule has 0 heteroatoms. The Morgan fingerprint density at radius 1 is 0.741 bits per heavy atom. The van der Waals surface area contributed by atoms with Gasteiger partial charge < -0.3 is 0 Å². The normalized spacial score (nSPS) is 24.4. The highest BCUT2D eigenvalue weighted by atomic mass is 14.6. The van der Waals surface area contributed by atoms with Gasteiger partial charge in [-0.1, -0.05) is 85.2 Å². The lowest BCUT2D eigenvalue weighted by molar-refractivity contribution is 0.480. The minimum absolute atomic E-state index is 0.944. The van der Waals surface area contributed by atoms with Crippen LogP contribution in [0.4, 0.5) is 0 Å². The topological polar surface area (TPSA) is 0 Å². The molecule has 0 bridgehead atoms. The third-order valence-electron chi connectivity index (χ3n) is 6.78. The molecule has 2 aromatic carbocycles. The fourth-order valence-corrected chi connectivity index (χ4v) is 5.33. The lowest BCUT2D eigenvalue weighted by Gasteiger charge is -2.09. The monoisotopic (exact) mass is 358 g/mol. The molecule has 0 aromatic heterocycles. The standard InChI is InChI=1S/C27H34/c1-3-12-22(13-4-1)16-7-8-18-24(27-25-20-9-10-21-26(25)27)19-11-17-23-14-5-2-6-15-23/h1-6,12-15,18,25-27H,7-11,16-17,19-21H2/b24-18+/t25-,26+,27?. The predicted octanol–water partition coefficient (Wildman–Crippen LogP) is 7.39. The van der Waals surface area contributed by atoms with Crippen LogP contribution in [0.5, 0.6) is 0 Å². The zero-order valence-electron chi connectivity index (χ0n) is 16.7. The van der Waals surface area contributed by atoms with Crippen molar-refractivity contribution in [1.82, 2.24) is 0 Å². The fraction of sp³-hybridized carbons (Fsp3) is 0.481. The van der Waals surface area contributed by atoms with Gasteiger partial charge in [-0.05, 0) is 80.2 Å². The van der Waals surface area contributed by atoms with Crippen LogP contribution in [-0.2, 0) is 12.8 Å². The van der Waals surface area contributed by atoms with Gasteiger partial charge in [-0.2, -0.15) is 0 Å². The zero-order valence-corrected chi connectivity index (χ0v) is 16.7. The van der Waals surface area contributed by atoms with Crippen molar-refractivity contribution in [1.29, 1.82) is 0 Å². The van der Waals surface area contributed by atoms with E-state index in [0.717, 1.165) is 17.8 Å².